The fraction of sp³-hybridized carbons (Fsp3) is 0.312. The highest BCUT2D eigenvalue weighted by Gasteiger charge is 2.30. The topological polar surface area (TPSA) is 55.1 Å². The summed E-state index contributed by atoms with van der Waals surface area (Å²) in [6.45, 7) is 2.03. The van der Waals surface area contributed by atoms with Gasteiger partial charge >= 0.3 is 0 Å². The van der Waals surface area contributed by atoms with Crippen molar-refractivity contribution in [2.75, 3.05) is 6.54 Å². The lowest BCUT2D eigenvalue weighted by atomic mass is 10.2. The van der Waals surface area contributed by atoms with E-state index in [-0.39, 0.29) is 6.04 Å². The second-order valence-corrected chi connectivity index (χ2v) is 6.44. The summed E-state index contributed by atoms with van der Waals surface area (Å²) in [5.41, 5.74) is 0.889. The van der Waals surface area contributed by atoms with Gasteiger partial charge in [0.25, 0.3) is 0 Å². The van der Waals surface area contributed by atoms with E-state index in [9.17, 15) is 0 Å². The van der Waals surface area contributed by atoms with Gasteiger partial charge in [-0.2, -0.15) is 4.98 Å². The molecule has 1 aliphatic heterocycles. The third-order valence-corrected chi connectivity index (χ3v) is 4.81. The molecule has 0 N–H and O–H groups in total. The smallest absolute Gasteiger partial charge is 0.244 e. The van der Waals surface area contributed by atoms with Gasteiger partial charge in [0.2, 0.25) is 11.7 Å². The Hall–Kier alpha value is -2.05. The van der Waals surface area contributed by atoms with E-state index in [1.54, 1.807) is 23.7 Å². The zero-order chi connectivity index (χ0) is 14.8. The maximum Gasteiger partial charge on any atom is 0.244 e. The molecule has 0 saturated carbocycles. The van der Waals surface area contributed by atoms with Crippen LogP contribution >= 0.6 is 11.3 Å². The number of hydrogen-bond acceptors (Lipinski definition) is 6. The van der Waals surface area contributed by atoms with Crippen molar-refractivity contribution in [2.45, 2.75) is 25.4 Å². The van der Waals surface area contributed by atoms with Gasteiger partial charge in [0.05, 0.1) is 6.04 Å². The highest BCUT2D eigenvalue weighted by Crippen LogP contribution is 2.33. The minimum absolute atomic E-state index is 0.222. The second-order valence-electron chi connectivity index (χ2n) is 5.41. The van der Waals surface area contributed by atoms with Gasteiger partial charge in [-0.05, 0) is 43.0 Å². The molecule has 0 spiro atoms. The van der Waals surface area contributed by atoms with E-state index in [4.69, 9.17) is 4.52 Å². The van der Waals surface area contributed by atoms with Crippen LogP contribution < -0.4 is 0 Å². The number of nitrogens with zero attached hydrogens (tertiary/aromatic N) is 4. The van der Waals surface area contributed by atoms with Gasteiger partial charge in [-0.1, -0.05) is 11.2 Å². The van der Waals surface area contributed by atoms with E-state index in [1.807, 2.05) is 12.1 Å². The molecule has 1 fully saturated rings. The van der Waals surface area contributed by atoms with E-state index >= 15 is 0 Å². The molecule has 4 rings (SSSR count). The summed E-state index contributed by atoms with van der Waals surface area (Å²) in [5.74, 6) is 1.33. The van der Waals surface area contributed by atoms with E-state index in [0.717, 1.165) is 25.1 Å². The molecule has 0 aromatic carbocycles. The average molecular weight is 312 g/mol. The van der Waals surface area contributed by atoms with Crippen LogP contribution in [0.25, 0.3) is 11.4 Å². The lowest BCUT2D eigenvalue weighted by Gasteiger charge is -2.20. The van der Waals surface area contributed by atoms with Crippen LogP contribution in [0.15, 0.2) is 46.6 Å². The molecule has 0 radical (unpaired) electrons. The lowest BCUT2D eigenvalue weighted by Crippen LogP contribution is -2.22. The summed E-state index contributed by atoms with van der Waals surface area (Å²) in [5, 5.41) is 6.23. The molecule has 0 unspecified atom stereocenters. The van der Waals surface area contributed by atoms with Crippen LogP contribution in [0.2, 0.25) is 0 Å². The third kappa shape index (κ3) is 2.67. The van der Waals surface area contributed by atoms with Crippen LogP contribution in [0, 0.1) is 0 Å². The van der Waals surface area contributed by atoms with E-state index in [0.29, 0.717) is 11.7 Å². The Morgan fingerprint density at radius 3 is 3.14 bits per heavy atom. The fourth-order valence-corrected chi connectivity index (χ4v) is 3.61. The second kappa shape index (κ2) is 5.98. The summed E-state index contributed by atoms with van der Waals surface area (Å²) >= 11 is 1.79. The SMILES string of the molecule is c1cncc(-c2noc([C@@H]3CCCN3Cc3cccs3)n2)c1. The minimum Gasteiger partial charge on any atom is -0.337 e. The minimum atomic E-state index is 0.222. The number of rotatable bonds is 4. The number of aromatic nitrogens is 3. The van der Waals surface area contributed by atoms with Gasteiger partial charge in [-0.25, -0.2) is 0 Å². The van der Waals surface area contributed by atoms with Crippen molar-refractivity contribution in [3.8, 4) is 11.4 Å². The molecular weight excluding hydrogens is 296 g/mol. The van der Waals surface area contributed by atoms with Gasteiger partial charge in [0.1, 0.15) is 0 Å². The molecule has 3 aromatic heterocycles. The van der Waals surface area contributed by atoms with Crippen molar-refractivity contribution in [2.24, 2.45) is 0 Å². The maximum absolute atomic E-state index is 5.53. The summed E-state index contributed by atoms with van der Waals surface area (Å²) in [7, 11) is 0. The Bertz CT molecular complexity index is 726. The number of thiophene rings is 1. The molecule has 0 amide bonds. The van der Waals surface area contributed by atoms with Crippen LogP contribution in [0.1, 0.15) is 29.7 Å². The molecule has 6 heteroatoms. The van der Waals surface area contributed by atoms with Gasteiger partial charge in [-0.3, -0.25) is 9.88 Å². The molecule has 4 heterocycles. The normalized spacial score (nSPS) is 18.8. The Labute approximate surface area is 132 Å². The van der Waals surface area contributed by atoms with Crippen LogP contribution in [-0.4, -0.2) is 26.6 Å². The van der Waals surface area contributed by atoms with Crippen molar-refractivity contribution >= 4 is 11.3 Å². The van der Waals surface area contributed by atoms with Crippen molar-refractivity contribution in [3.63, 3.8) is 0 Å². The first-order valence-corrected chi connectivity index (χ1v) is 8.28. The van der Waals surface area contributed by atoms with E-state index < -0.39 is 0 Å². The number of hydrogen-bond donors (Lipinski definition) is 0. The van der Waals surface area contributed by atoms with Crippen molar-refractivity contribution in [3.05, 3.63) is 52.8 Å². The van der Waals surface area contributed by atoms with Crippen LogP contribution in [-0.2, 0) is 6.54 Å². The van der Waals surface area contributed by atoms with E-state index in [2.05, 4.69) is 37.5 Å². The first-order valence-electron chi connectivity index (χ1n) is 7.40. The van der Waals surface area contributed by atoms with Crippen molar-refractivity contribution < 1.29 is 4.52 Å². The molecule has 1 atom stereocenters. The molecule has 1 aliphatic rings. The zero-order valence-corrected chi connectivity index (χ0v) is 12.9. The largest absolute Gasteiger partial charge is 0.337 e. The summed E-state index contributed by atoms with van der Waals surface area (Å²) in [6, 6.07) is 8.32. The summed E-state index contributed by atoms with van der Waals surface area (Å²) < 4.78 is 5.53. The predicted molar refractivity (Wildman–Crippen MR) is 84.2 cm³/mol. The average Bonchev–Trinajstić information content (AvgIpc) is 3.30. The fourth-order valence-electron chi connectivity index (χ4n) is 2.88. The van der Waals surface area contributed by atoms with Gasteiger partial charge in [0, 0.05) is 29.4 Å². The van der Waals surface area contributed by atoms with Crippen LogP contribution in [0.4, 0.5) is 0 Å². The Kier molecular flexibility index (Phi) is 3.70. The highest BCUT2D eigenvalue weighted by molar-refractivity contribution is 7.09. The Morgan fingerprint density at radius 1 is 1.32 bits per heavy atom. The predicted octanol–water partition coefficient (Wildman–Crippen LogP) is 3.53. The monoisotopic (exact) mass is 312 g/mol. The van der Waals surface area contributed by atoms with Crippen molar-refractivity contribution in [1.82, 2.24) is 20.0 Å². The Morgan fingerprint density at radius 2 is 2.32 bits per heavy atom. The van der Waals surface area contributed by atoms with Crippen LogP contribution in [0.5, 0.6) is 0 Å². The standard InChI is InChI=1S/C16H16N4OS/c1-4-12(10-17-7-1)15-18-16(21-19-15)14-6-2-8-20(14)11-13-5-3-9-22-13/h1,3-5,7,9-10,14H,2,6,8,11H2/t14-/m0/s1. The molecule has 22 heavy (non-hydrogen) atoms. The summed E-state index contributed by atoms with van der Waals surface area (Å²) in [4.78, 5) is 12.5. The molecule has 112 valence electrons. The molecule has 1 saturated heterocycles. The van der Waals surface area contributed by atoms with Gasteiger partial charge < -0.3 is 4.52 Å². The quantitative estimate of drug-likeness (QED) is 0.737. The molecule has 5 nitrogen and oxygen atoms in total. The van der Waals surface area contributed by atoms with Gasteiger partial charge in [-0.15, -0.1) is 11.3 Å². The molecule has 3 aromatic rings. The number of likely N-dealkylation sites (tertiary alicyclic amines) is 1. The lowest BCUT2D eigenvalue weighted by molar-refractivity contribution is 0.202. The van der Waals surface area contributed by atoms with Crippen molar-refractivity contribution in [1.29, 1.82) is 0 Å². The maximum atomic E-state index is 5.53. The highest BCUT2D eigenvalue weighted by atomic mass is 32.1. The van der Waals surface area contributed by atoms with Gasteiger partial charge in [0.15, 0.2) is 0 Å². The third-order valence-electron chi connectivity index (χ3n) is 3.95. The first kappa shape index (κ1) is 13.6. The molecule has 0 aliphatic carbocycles. The number of pyridine rings is 1. The first-order chi connectivity index (χ1) is 10.9. The molecule has 0 bridgehead atoms. The summed E-state index contributed by atoms with van der Waals surface area (Å²) in [6.07, 6.45) is 5.73. The molecular formula is C16H16N4OS. The zero-order valence-electron chi connectivity index (χ0n) is 12.1. The van der Waals surface area contributed by atoms with Crippen LogP contribution in [0.3, 0.4) is 0 Å². The van der Waals surface area contributed by atoms with E-state index in [1.165, 1.54) is 11.3 Å². The Balaban J connectivity index is 1.55.